The van der Waals surface area contributed by atoms with Crippen molar-refractivity contribution in [1.29, 1.82) is 0 Å². The second-order valence-corrected chi connectivity index (χ2v) is 6.58. The smallest absolute Gasteiger partial charge is 0.286 e. The molecule has 6 nitrogen and oxygen atoms in total. The van der Waals surface area contributed by atoms with E-state index in [9.17, 15) is 9.59 Å². The highest BCUT2D eigenvalue weighted by Gasteiger charge is 2.15. The van der Waals surface area contributed by atoms with Gasteiger partial charge in [0.1, 0.15) is 11.4 Å². The predicted octanol–water partition coefficient (Wildman–Crippen LogP) is 3.76. The highest BCUT2D eigenvalue weighted by molar-refractivity contribution is 6.05. The van der Waals surface area contributed by atoms with E-state index in [1.807, 2.05) is 36.4 Å². The molecule has 3 N–H and O–H groups in total. The van der Waals surface area contributed by atoms with Gasteiger partial charge in [-0.1, -0.05) is 67.2 Å². The molecule has 0 saturated heterocycles. The molecule has 2 amide bonds. The molecule has 3 aromatic carbocycles. The SMILES string of the molecule is C=C(NNC(=O)C(=Cc1ccc(OC)cc1)NC(=O)c1ccccc1)c1ccccc1. The molecule has 3 rings (SSSR count). The molecule has 0 atom stereocenters. The number of nitrogens with one attached hydrogen (secondary N) is 3. The molecule has 0 aliphatic rings. The molecule has 0 heterocycles. The third-order valence-corrected chi connectivity index (χ3v) is 4.40. The van der Waals surface area contributed by atoms with Crippen LogP contribution in [0.15, 0.2) is 97.2 Å². The number of rotatable bonds is 8. The summed E-state index contributed by atoms with van der Waals surface area (Å²) in [6, 6.07) is 25.2. The lowest BCUT2D eigenvalue weighted by molar-refractivity contribution is -0.118. The summed E-state index contributed by atoms with van der Waals surface area (Å²) in [6.07, 6.45) is 1.59. The lowest BCUT2D eigenvalue weighted by atomic mass is 10.1. The minimum absolute atomic E-state index is 0.0763. The maximum Gasteiger partial charge on any atom is 0.286 e. The number of carbonyl (C=O) groups is 2. The van der Waals surface area contributed by atoms with E-state index in [4.69, 9.17) is 4.74 Å². The summed E-state index contributed by atoms with van der Waals surface area (Å²) in [5.41, 5.74) is 7.97. The highest BCUT2D eigenvalue weighted by atomic mass is 16.5. The summed E-state index contributed by atoms with van der Waals surface area (Å²) in [7, 11) is 1.58. The second-order valence-electron chi connectivity index (χ2n) is 6.58. The fraction of sp³-hybridized carbons (Fsp3) is 0.0400. The number of ether oxygens (including phenoxy) is 1. The summed E-state index contributed by atoms with van der Waals surface area (Å²) in [4.78, 5) is 25.5. The van der Waals surface area contributed by atoms with Crippen molar-refractivity contribution in [3.8, 4) is 5.75 Å². The molecule has 0 saturated carbocycles. The first kappa shape index (κ1) is 21.4. The Hall–Kier alpha value is -4.32. The number of methoxy groups -OCH3 is 1. The molecule has 0 aliphatic heterocycles. The Balaban J connectivity index is 1.78. The zero-order valence-electron chi connectivity index (χ0n) is 17.1. The second kappa shape index (κ2) is 10.5. The molecular weight excluding hydrogens is 390 g/mol. The number of carbonyl (C=O) groups excluding carboxylic acids is 2. The Morgan fingerprint density at radius 3 is 1.97 bits per heavy atom. The van der Waals surface area contributed by atoms with Crippen molar-refractivity contribution in [2.45, 2.75) is 0 Å². The standard InChI is InChI=1S/C25H23N3O3/c1-18(20-9-5-3-6-10-20)27-28-25(30)23(17-19-13-15-22(31-2)16-14-19)26-24(29)21-11-7-4-8-12-21/h3-17,27H,1H2,2H3,(H,26,29)(H,28,30). The van der Waals surface area contributed by atoms with Crippen LogP contribution in [0.3, 0.4) is 0 Å². The summed E-state index contributed by atoms with van der Waals surface area (Å²) in [5, 5.41) is 2.68. The van der Waals surface area contributed by atoms with Crippen molar-refractivity contribution in [3.63, 3.8) is 0 Å². The van der Waals surface area contributed by atoms with Crippen LogP contribution >= 0.6 is 0 Å². The molecule has 31 heavy (non-hydrogen) atoms. The molecule has 0 aliphatic carbocycles. The average Bonchev–Trinajstić information content (AvgIpc) is 2.83. The molecule has 6 heteroatoms. The maximum atomic E-state index is 12.9. The molecule has 0 fully saturated rings. The Morgan fingerprint density at radius 1 is 0.806 bits per heavy atom. The third kappa shape index (κ3) is 6.08. The Kier molecular flexibility index (Phi) is 7.21. The molecule has 0 bridgehead atoms. The zero-order chi connectivity index (χ0) is 22.1. The van der Waals surface area contributed by atoms with Crippen LogP contribution in [0.5, 0.6) is 5.75 Å². The van der Waals surface area contributed by atoms with Crippen LogP contribution in [0, 0.1) is 0 Å². The lowest BCUT2D eigenvalue weighted by Gasteiger charge is -2.14. The number of hydrogen-bond acceptors (Lipinski definition) is 4. The van der Waals surface area contributed by atoms with Gasteiger partial charge in [0.2, 0.25) is 0 Å². The molecular formula is C25H23N3O3. The monoisotopic (exact) mass is 413 g/mol. The highest BCUT2D eigenvalue weighted by Crippen LogP contribution is 2.14. The van der Waals surface area contributed by atoms with Gasteiger partial charge in [0.25, 0.3) is 11.8 Å². The fourth-order valence-corrected chi connectivity index (χ4v) is 2.72. The lowest BCUT2D eigenvalue weighted by Crippen LogP contribution is -2.41. The van der Waals surface area contributed by atoms with Gasteiger partial charge < -0.3 is 10.1 Å². The van der Waals surface area contributed by atoms with Crippen molar-refractivity contribution >= 4 is 23.6 Å². The largest absolute Gasteiger partial charge is 0.497 e. The van der Waals surface area contributed by atoms with Crippen LogP contribution in [-0.4, -0.2) is 18.9 Å². The van der Waals surface area contributed by atoms with Crippen LogP contribution in [0.4, 0.5) is 0 Å². The van der Waals surface area contributed by atoms with Crippen LogP contribution in [0.2, 0.25) is 0 Å². The maximum absolute atomic E-state index is 12.9. The first-order valence-electron chi connectivity index (χ1n) is 9.59. The van der Waals surface area contributed by atoms with Crippen LogP contribution in [0.1, 0.15) is 21.5 Å². The Bertz CT molecular complexity index is 1080. The first-order valence-corrected chi connectivity index (χ1v) is 9.59. The Morgan fingerprint density at radius 2 is 1.39 bits per heavy atom. The van der Waals surface area contributed by atoms with Gasteiger partial charge in [-0.25, -0.2) is 0 Å². The number of hydrogen-bond donors (Lipinski definition) is 3. The van der Waals surface area contributed by atoms with Crippen molar-refractivity contribution < 1.29 is 14.3 Å². The van der Waals surface area contributed by atoms with E-state index >= 15 is 0 Å². The molecule has 0 unspecified atom stereocenters. The van der Waals surface area contributed by atoms with Crippen molar-refractivity contribution in [2.24, 2.45) is 0 Å². The summed E-state index contributed by atoms with van der Waals surface area (Å²) < 4.78 is 5.16. The van der Waals surface area contributed by atoms with Gasteiger partial charge in [0, 0.05) is 5.56 Å². The minimum Gasteiger partial charge on any atom is -0.497 e. The van der Waals surface area contributed by atoms with E-state index < -0.39 is 11.8 Å². The van der Waals surface area contributed by atoms with E-state index in [1.165, 1.54) is 0 Å². The van der Waals surface area contributed by atoms with Gasteiger partial charge in [-0.2, -0.15) is 0 Å². The van der Waals surface area contributed by atoms with Crippen molar-refractivity contribution in [1.82, 2.24) is 16.2 Å². The van der Waals surface area contributed by atoms with Gasteiger partial charge in [-0.05, 0) is 41.5 Å². The van der Waals surface area contributed by atoms with Crippen molar-refractivity contribution in [3.05, 3.63) is 114 Å². The van der Waals surface area contributed by atoms with E-state index in [0.29, 0.717) is 17.0 Å². The third-order valence-electron chi connectivity index (χ3n) is 4.40. The summed E-state index contributed by atoms with van der Waals surface area (Å²) >= 11 is 0. The predicted molar refractivity (Wildman–Crippen MR) is 122 cm³/mol. The van der Waals surface area contributed by atoms with Crippen molar-refractivity contribution in [2.75, 3.05) is 7.11 Å². The van der Waals surface area contributed by atoms with Crippen LogP contribution in [-0.2, 0) is 4.79 Å². The number of hydrazine groups is 1. The molecule has 0 aromatic heterocycles. The van der Waals surface area contributed by atoms with E-state index in [2.05, 4.69) is 22.7 Å². The molecule has 3 aromatic rings. The summed E-state index contributed by atoms with van der Waals surface area (Å²) in [5.74, 6) is -0.216. The van der Waals surface area contributed by atoms with E-state index in [0.717, 1.165) is 11.1 Å². The molecule has 0 radical (unpaired) electrons. The molecule has 0 spiro atoms. The normalized spacial score (nSPS) is 10.7. The van der Waals surface area contributed by atoms with Crippen LogP contribution in [0.25, 0.3) is 11.8 Å². The minimum atomic E-state index is -0.516. The topological polar surface area (TPSA) is 79.5 Å². The van der Waals surface area contributed by atoms with Gasteiger partial charge >= 0.3 is 0 Å². The fourth-order valence-electron chi connectivity index (χ4n) is 2.72. The van der Waals surface area contributed by atoms with Gasteiger partial charge in [0.15, 0.2) is 0 Å². The Labute approximate surface area is 181 Å². The summed E-state index contributed by atoms with van der Waals surface area (Å²) in [6.45, 7) is 3.92. The van der Waals surface area contributed by atoms with Gasteiger partial charge in [0.05, 0.1) is 12.8 Å². The molecule has 156 valence electrons. The van der Waals surface area contributed by atoms with Gasteiger partial charge in [-0.3, -0.25) is 20.4 Å². The average molecular weight is 413 g/mol. The first-order chi connectivity index (χ1) is 15.1. The number of benzene rings is 3. The van der Waals surface area contributed by atoms with Gasteiger partial charge in [-0.15, -0.1) is 0 Å². The number of amides is 2. The van der Waals surface area contributed by atoms with Crippen LogP contribution < -0.4 is 20.9 Å². The zero-order valence-corrected chi connectivity index (χ0v) is 17.1. The van der Waals surface area contributed by atoms with E-state index in [1.54, 1.807) is 61.7 Å². The van der Waals surface area contributed by atoms with E-state index in [-0.39, 0.29) is 5.70 Å². The quantitative estimate of drug-likeness (QED) is 0.388.